The highest BCUT2D eigenvalue weighted by atomic mass is 32.2. The second-order valence-corrected chi connectivity index (χ2v) is 6.41. The standard InChI is InChI=1S/C12H18FNO3S/c1-14-12(6-7-18(3,15)16)10-5-4-9(17-2)8-11(10)13/h4-5,8,12,14H,6-7H2,1-3H3. The summed E-state index contributed by atoms with van der Waals surface area (Å²) in [5, 5.41) is 2.92. The van der Waals surface area contributed by atoms with E-state index in [-0.39, 0.29) is 11.8 Å². The van der Waals surface area contributed by atoms with Crippen molar-refractivity contribution in [2.24, 2.45) is 0 Å². The van der Waals surface area contributed by atoms with Crippen LogP contribution in [0, 0.1) is 5.82 Å². The normalized spacial score (nSPS) is 13.3. The number of benzene rings is 1. The third-order valence-corrected chi connectivity index (χ3v) is 3.69. The van der Waals surface area contributed by atoms with Crippen LogP contribution < -0.4 is 10.1 Å². The van der Waals surface area contributed by atoms with Gasteiger partial charge in [0.05, 0.1) is 12.9 Å². The van der Waals surface area contributed by atoms with E-state index in [0.717, 1.165) is 0 Å². The van der Waals surface area contributed by atoms with Gasteiger partial charge in [-0.15, -0.1) is 0 Å². The molecule has 102 valence electrons. The van der Waals surface area contributed by atoms with E-state index in [1.54, 1.807) is 19.2 Å². The van der Waals surface area contributed by atoms with E-state index in [4.69, 9.17) is 4.74 Å². The molecule has 0 saturated heterocycles. The van der Waals surface area contributed by atoms with Crippen LogP contribution in [0.5, 0.6) is 5.75 Å². The van der Waals surface area contributed by atoms with Crippen LogP contribution in [0.15, 0.2) is 18.2 Å². The third kappa shape index (κ3) is 4.27. The molecule has 1 N–H and O–H groups in total. The Kier molecular flexibility index (Phi) is 5.10. The Balaban J connectivity index is 2.88. The molecule has 4 nitrogen and oxygen atoms in total. The largest absolute Gasteiger partial charge is 0.497 e. The maximum absolute atomic E-state index is 13.8. The van der Waals surface area contributed by atoms with Crippen LogP contribution in [0.2, 0.25) is 0 Å². The number of ether oxygens (including phenoxy) is 1. The monoisotopic (exact) mass is 275 g/mol. The van der Waals surface area contributed by atoms with Crippen molar-refractivity contribution in [3.63, 3.8) is 0 Å². The van der Waals surface area contributed by atoms with Gasteiger partial charge in [-0.25, -0.2) is 12.8 Å². The Bertz CT molecular complexity index is 502. The number of hydrogen-bond acceptors (Lipinski definition) is 4. The van der Waals surface area contributed by atoms with Crippen molar-refractivity contribution < 1.29 is 17.5 Å². The number of sulfone groups is 1. The number of halogens is 1. The van der Waals surface area contributed by atoms with Gasteiger partial charge in [-0.2, -0.15) is 0 Å². The zero-order valence-corrected chi connectivity index (χ0v) is 11.6. The average Bonchev–Trinajstić information content (AvgIpc) is 2.30. The van der Waals surface area contributed by atoms with Gasteiger partial charge in [0.15, 0.2) is 0 Å². The molecule has 0 saturated carbocycles. The van der Waals surface area contributed by atoms with Gasteiger partial charge in [0.1, 0.15) is 21.4 Å². The zero-order chi connectivity index (χ0) is 13.8. The molecule has 1 aromatic carbocycles. The van der Waals surface area contributed by atoms with E-state index in [1.807, 2.05) is 0 Å². The summed E-state index contributed by atoms with van der Waals surface area (Å²) in [4.78, 5) is 0. The fourth-order valence-corrected chi connectivity index (χ4v) is 2.37. The molecule has 0 aliphatic rings. The molecule has 18 heavy (non-hydrogen) atoms. The Labute approximate surface area is 107 Å². The molecular weight excluding hydrogens is 257 g/mol. The summed E-state index contributed by atoms with van der Waals surface area (Å²) in [6.07, 6.45) is 1.50. The second kappa shape index (κ2) is 6.15. The second-order valence-electron chi connectivity index (χ2n) is 4.15. The highest BCUT2D eigenvalue weighted by Crippen LogP contribution is 2.24. The van der Waals surface area contributed by atoms with Crippen LogP contribution in [-0.4, -0.2) is 34.6 Å². The fraction of sp³-hybridized carbons (Fsp3) is 0.500. The molecule has 0 aromatic heterocycles. The first-order chi connectivity index (χ1) is 8.37. The number of nitrogens with one attached hydrogen (secondary N) is 1. The minimum Gasteiger partial charge on any atom is -0.497 e. The summed E-state index contributed by atoms with van der Waals surface area (Å²) in [5.41, 5.74) is 0.446. The van der Waals surface area contributed by atoms with Crippen molar-refractivity contribution in [2.45, 2.75) is 12.5 Å². The first-order valence-corrected chi connectivity index (χ1v) is 7.62. The van der Waals surface area contributed by atoms with E-state index in [1.165, 1.54) is 19.4 Å². The quantitative estimate of drug-likeness (QED) is 0.855. The molecule has 0 aliphatic carbocycles. The van der Waals surface area contributed by atoms with Crippen molar-refractivity contribution in [1.29, 1.82) is 0 Å². The smallest absolute Gasteiger partial charge is 0.147 e. The van der Waals surface area contributed by atoms with Gasteiger partial charge >= 0.3 is 0 Å². The van der Waals surface area contributed by atoms with Crippen LogP contribution in [0.25, 0.3) is 0 Å². The van der Waals surface area contributed by atoms with Gasteiger partial charge < -0.3 is 10.1 Å². The summed E-state index contributed by atoms with van der Waals surface area (Å²) >= 11 is 0. The molecule has 1 rings (SSSR count). The van der Waals surface area contributed by atoms with Crippen molar-refractivity contribution >= 4 is 9.84 Å². The minimum absolute atomic E-state index is 0.0178. The lowest BCUT2D eigenvalue weighted by Gasteiger charge is -2.17. The van der Waals surface area contributed by atoms with Crippen LogP contribution in [0.4, 0.5) is 4.39 Å². The summed E-state index contributed by atoms with van der Waals surface area (Å²) in [6, 6.07) is 4.23. The van der Waals surface area contributed by atoms with Crippen LogP contribution in [0.3, 0.4) is 0 Å². The molecule has 1 atom stereocenters. The van der Waals surface area contributed by atoms with Crippen molar-refractivity contribution in [3.8, 4) is 5.75 Å². The van der Waals surface area contributed by atoms with Crippen molar-refractivity contribution in [1.82, 2.24) is 5.32 Å². The SMILES string of the molecule is CNC(CCS(C)(=O)=O)c1ccc(OC)cc1F. The van der Waals surface area contributed by atoms with Gasteiger partial charge in [0.2, 0.25) is 0 Å². The highest BCUT2D eigenvalue weighted by Gasteiger charge is 2.16. The molecule has 0 bridgehead atoms. The number of hydrogen-bond donors (Lipinski definition) is 1. The van der Waals surface area contributed by atoms with E-state index in [2.05, 4.69) is 5.32 Å². The van der Waals surface area contributed by atoms with Gasteiger partial charge in [0.25, 0.3) is 0 Å². The zero-order valence-electron chi connectivity index (χ0n) is 10.7. The molecule has 0 spiro atoms. The van der Waals surface area contributed by atoms with E-state index < -0.39 is 15.7 Å². The summed E-state index contributed by atoms with van der Waals surface area (Å²) in [7, 11) is 0.0930. The van der Waals surface area contributed by atoms with E-state index >= 15 is 0 Å². The average molecular weight is 275 g/mol. The van der Waals surface area contributed by atoms with Gasteiger partial charge in [-0.05, 0) is 19.5 Å². The highest BCUT2D eigenvalue weighted by molar-refractivity contribution is 7.90. The lowest BCUT2D eigenvalue weighted by atomic mass is 10.0. The summed E-state index contributed by atoms with van der Waals surface area (Å²) in [6.45, 7) is 0. The number of methoxy groups -OCH3 is 1. The van der Waals surface area contributed by atoms with Crippen molar-refractivity contribution in [3.05, 3.63) is 29.6 Å². The fourth-order valence-electron chi connectivity index (χ4n) is 1.70. The Hall–Kier alpha value is -1.14. The Morgan fingerprint density at radius 3 is 2.56 bits per heavy atom. The first kappa shape index (κ1) is 14.9. The summed E-state index contributed by atoms with van der Waals surface area (Å²) in [5.74, 6) is 0.0562. The Morgan fingerprint density at radius 1 is 1.44 bits per heavy atom. The van der Waals surface area contributed by atoms with Crippen LogP contribution in [0.1, 0.15) is 18.0 Å². The molecule has 0 heterocycles. The maximum atomic E-state index is 13.8. The molecule has 0 radical (unpaired) electrons. The predicted octanol–water partition coefficient (Wildman–Crippen LogP) is 1.53. The summed E-state index contributed by atoms with van der Waals surface area (Å²) < 4.78 is 41.0. The van der Waals surface area contributed by atoms with E-state index in [0.29, 0.717) is 17.7 Å². The topological polar surface area (TPSA) is 55.4 Å². The van der Waals surface area contributed by atoms with Crippen LogP contribution >= 0.6 is 0 Å². The third-order valence-electron chi connectivity index (χ3n) is 2.71. The molecule has 6 heteroatoms. The lowest BCUT2D eigenvalue weighted by molar-refractivity contribution is 0.409. The number of rotatable bonds is 6. The Morgan fingerprint density at radius 2 is 2.11 bits per heavy atom. The van der Waals surface area contributed by atoms with E-state index in [9.17, 15) is 12.8 Å². The molecule has 1 unspecified atom stereocenters. The maximum Gasteiger partial charge on any atom is 0.147 e. The molecule has 0 aliphatic heterocycles. The van der Waals surface area contributed by atoms with Crippen molar-refractivity contribution in [2.75, 3.05) is 26.2 Å². The molecular formula is C12H18FNO3S. The van der Waals surface area contributed by atoms with Crippen LogP contribution in [-0.2, 0) is 9.84 Å². The molecule has 0 amide bonds. The molecule has 1 aromatic rings. The lowest BCUT2D eigenvalue weighted by Crippen LogP contribution is -2.21. The molecule has 0 fully saturated rings. The van der Waals surface area contributed by atoms with Gasteiger partial charge in [-0.3, -0.25) is 0 Å². The van der Waals surface area contributed by atoms with Gasteiger partial charge in [0, 0.05) is 23.9 Å². The van der Waals surface area contributed by atoms with Gasteiger partial charge in [-0.1, -0.05) is 6.07 Å². The predicted molar refractivity (Wildman–Crippen MR) is 69.1 cm³/mol. The first-order valence-electron chi connectivity index (χ1n) is 5.56. The minimum atomic E-state index is -3.05.